The first-order valence-electron chi connectivity index (χ1n) is 10.4. The van der Waals surface area contributed by atoms with Crippen molar-refractivity contribution >= 4 is 5.70 Å². The molecule has 4 aliphatic rings. The topological polar surface area (TPSA) is 79.5 Å². The normalized spacial score (nSPS) is 42.9. The monoisotopic (exact) mass is 364 g/mol. The van der Waals surface area contributed by atoms with Crippen molar-refractivity contribution < 1.29 is 0 Å². The second-order valence-electron chi connectivity index (χ2n) is 9.49. The highest BCUT2D eigenvalue weighted by atomic mass is 15.4. The lowest BCUT2D eigenvalue weighted by atomic mass is 9.47. The summed E-state index contributed by atoms with van der Waals surface area (Å²) in [7, 11) is 0. The van der Waals surface area contributed by atoms with Gasteiger partial charge in [0.05, 0.1) is 12.4 Å². The van der Waals surface area contributed by atoms with Crippen LogP contribution in [0.3, 0.4) is 0 Å². The number of allylic oxidation sites excluding steroid dienone is 3. The molecule has 6 heteroatoms. The Hall–Kier alpha value is -2.07. The highest BCUT2D eigenvalue weighted by Gasteiger charge is 2.57. The Kier molecular flexibility index (Phi) is 3.77. The molecule has 1 aromatic heterocycles. The molecule has 0 spiro atoms. The van der Waals surface area contributed by atoms with E-state index in [9.17, 15) is 0 Å². The van der Waals surface area contributed by atoms with E-state index in [1.165, 1.54) is 25.0 Å². The summed E-state index contributed by atoms with van der Waals surface area (Å²) in [5, 5.41) is 12.4. The van der Waals surface area contributed by atoms with Crippen LogP contribution < -0.4 is 0 Å². The van der Waals surface area contributed by atoms with Crippen molar-refractivity contribution in [1.82, 2.24) is 15.0 Å². The average Bonchev–Trinajstić information content (AvgIpc) is 3.29. The fourth-order valence-corrected chi connectivity index (χ4v) is 7.05. The van der Waals surface area contributed by atoms with Gasteiger partial charge in [-0.1, -0.05) is 41.9 Å². The average molecular weight is 364 g/mol. The van der Waals surface area contributed by atoms with Gasteiger partial charge in [-0.15, -0.1) is 5.10 Å². The predicted octanol–water partition coefficient (Wildman–Crippen LogP) is 5.37. The van der Waals surface area contributed by atoms with Gasteiger partial charge in [-0.05, 0) is 73.6 Å². The van der Waals surface area contributed by atoms with Crippen molar-refractivity contribution in [1.29, 1.82) is 0 Å². The zero-order valence-corrected chi connectivity index (χ0v) is 16.3. The Morgan fingerprint density at radius 2 is 2.00 bits per heavy atom. The van der Waals surface area contributed by atoms with Crippen molar-refractivity contribution in [2.45, 2.75) is 64.8 Å². The van der Waals surface area contributed by atoms with Crippen LogP contribution in [0.25, 0.3) is 16.1 Å². The third kappa shape index (κ3) is 2.35. The van der Waals surface area contributed by atoms with E-state index in [-0.39, 0.29) is 11.5 Å². The molecule has 0 aromatic carbocycles. The van der Waals surface area contributed by atoms with Gasteiger partial charge in [0.2, 0.25) is 0 Å². The van der Waals surface area contributed by atoms with E-state index in [0.717, 1.165) is 37.5 Å². The van der Waals surface area contributed by atoms with E-state index in [2.05, 4.69) is 46.3 Å². The lowest BCUT2D eigenvalue weighted by molar-refractivity contribution is -0.0129. The Morgan fingerprint density at radius 1 is 1.15 bits per heavy atom. The number of nitrogens with zero attached hydrogens (tertiary/aromatic N) is 6. The Balaban J connectivity index is 1.45. The van der Waals surface area contributed by atoms with Gasteiger partial charge in [0, 0.05) is 22.1 Å². The molecule has 142 valence electrons. The molecule has 6 nitrogen and oxygen atoms in total. The maximum Gasteiger partial charge on any atom is 0.0697 e. The summed E-state index contributed by atoms with van der Waals surface area (Å²) in [5.41, 5.74) is 12.2. The van der Waals surface area contributed by atoms with Gasteiger partial charge in [-0.25, -0.2) is 4.68 Å². The minimum Gasteiger partial charge on any atom is -0.225 e. The van der Waals surface area contributed by atoms with Crippen LogP contribution in [0.4, 0.5) is 0 Å². The first-order chi connectivity index (χ1) is 13.1. The van der Waals surface area contributed by atoms with E-state index >= 15 is 0 Å². The molecule has 0 radical (unpaired) electrons. The molecule has 4 aliphatic carbocycles. The van der Waals surface area contributed by atoms with Crippen LogP contribution in [0.1, 0.15) is 58.8 Å². The van der Waals surface area contributed by atoms with Crippen LogP contribution in [0, 0.1) is 28.6 Å². The molecule has 1 aromatic rings. The molecule has 1 heterocycles. The number of hydrogen-bond acceptors (Lipinski definition) is 3. The fraction of sp³-hybridized carbons (Fsp3) is 0.714. The van der Waals surface area contributed by atoms with Gasteiger partial charge in [0.25, 0.3) is 0 Å². The molecule has 0 saturated heterocycles. The number of fused-ring (bicyclic) bond motifs is 5. The van der Waals surface area contributed by atoms with E-state index in [4.69, 9.17) is 5.53 Å². The summed E-state index contributed by atoms with van der Waals surface area (Å²) >= 11 is 0. The van der Waals surface area contributed by atoms with Crippen molar-refractivity contribution in [2.75, 3.05) is 0 Å². The van der Waals surface area contributed by atoms with Crippen LogP contribution in [0.15, 0.2) is 35.2 Å². The van der Waals surface area contributed by atoms with Crippen molar-refractivity contribution in [2.24, 2.45) is 33.7 Å². The second kappa shape index (κ2) is 5.96. The highest BCUT2D eigenvalue weighted by molar-refractivity contribution is 5.56. The third-order valence-corrected chi connectivity index (χ3v) is 8.50. The Morgan fingerprint density at radius 3 is 2.78 bits per heavy atom. The van der Waals surface area contributed by atoms with E-state index in [1.807, 2.05) is 10.9 Å². The highest BCUT2D eigenvalue weighted by Crippen LogP contribution is 2.65. The maximum absolute atomic E-state index is 8.82. The smallest absolute Gasteiger partial charge is 0.0697 e. The van der Waals surface area contributed by atoms with Crippen molar-refractivity contribution in [3.63, 3.8) is 0 Å². The van der Waals surface area contributed by atoms with E-state index in [0.29, 0.717) is 11.3 Å². The van der Waals surface area contributed by atoms with Gasteiger partial charge >= 0.3 is 0 Å². The third-order valence-electron chi connectivity index (χ3n) is 8.50. The van der Waals surface area contributed by atoms with Gasteiger partial charge < -0.3 is 0 Å². The predicted molar refractivity (Wildman–Crippen MR) is 104 cm³/mol. The second-order valence-corrected chi connectivity index (χ2v) is 9.49. The molecule has 27 heavy (non-hydrogen) atoms. The number of hydrogen-bond donors (Lipinski definition) is 0. The quantitative estimate of drug-likeness (QED) is 0.306. The lowest BCUT2D eigenvalue weighted by Crippen LogP contribution is -2.50. The SMILES string of the molecule is C[C@]12CC[C@H](N=[N+]=[N-])CC1=CCC1C2CC[C@]2(C)C(n3ccnn3)=CCC12. The first-order valence-corrected chi connectivity index (χ1v) is 10.4. The van der Waals surface area contributed by atoms with Gasteiger partial charge in [0.1, 0.15) is 0 Å². The Labute approximate surface area is 160 Å². The van der Waals surface area contributed by atoms with E-state index < -0.39 is 0 Å². The number of rotatable bonds is 2. The van der Waals surface area contributed by atoms with Gasteiger partial charge in [-0.2, -0.15) is 0 Å². The van der Waals surface area contributed by atoms with Crippen LogP contribution >= 0.6 is 0 Å². The summed E-state index contributed by atoms with van der Waals surface area (Å²) < 4.78 is 2.00. The molecular formula is C21H28N6. The summed E-state index contributed by atoms with van der Waals surface area (Å²) in [6.07, 6.45) is 16.7. The van der Waals surface area contributed by atoms with Crippen LogP contribution in [-0.4, -0.2) is 21.0 Å². The number of azide groups is 1. The summed E-state index contributed by atoms with van der Waals surface area (Å²) in [6.45, 7) is 4.94. The minimum absolute atomic E-state index is 0.159. The van der Waals surface area contributed by atoms with Crippen molar-refractivity contribution in [3.05, 3.63) is 40.6 Å². The van der Waals surface area contributed by atoms with Gasteiger partial charge in [0.15, 0.2) is 0 Å². The zero-order chi connectivity index (χ0) is 18.6. The van der Waals surface area contributed by atoms with Crippen molar-refractivity contribution in [3.8, 4) is 0 Å². The molecule has 2 saturated carbocycles. The minimum atomic E-state index is 0.159. The molecular weight excluding hydrogens is 336 g/mol. The summed E-state index contributed by atoms with van der Waals surface area (Å²) in [5.74, 6) is 2.19. The molecule has 3 unspecified atom stereocenters. The zero-order valence-electron chi connectivity index (χ0n) is 16.3. The van der Waals surface area contributed by atoms with Gasteiger partial charge in [-0.3, -0.25) is 0 Å². The Bertz CT molecular complexity index is 848. The molecule has 0 bridgehead atoms. The first kappa shape index (κ1) is 17.1. The molecule has 2 fully saturated rings. The molecule has 0 amide bonds. The van der Waals surface area contributed by atoms with Crippen LogP contribution in [0.5, 0.6) is 0 Å². The molecule has 6 atom stereocenters. The van der Waals surface area contributed by atoms with E-state index in [1.54, 1.807) is 11.8 Å². The fourth-order valence-electron chi connectivity index (χ4n) is 7.05. The molecule has 5 rings (SSSR count). The standard InChI is InChI=1S/C21H28N6/c1-20-9-7-15(24-25-22)13-14(20)3-4-16-17-5-6-19(27-12-11-23-26-27)21(17,2)10-8-18(16)20/h3,6,11-12,15-18H,4-5,7-10,13H2,1-2H3/t15-,16?,17?,18?,20-,21-/m0/s1. The van der Waals surface area contributed by atoms with Crippen LogP contribution in [-0.2, 0) is 0 Å². The van der Waals surface area contributed by atoms with Crippen LogP contribution in [0.2, 0.25) is 0 Å². The summed E-state index contributed by atoms with van der Waals surface area (Å²) in [4.78, 5) is 3.06. The molecule has 0 aliphatic heterocycles. The largest absolute Gasteiger partial charge is 0.225 e. The maximum atomic E-state index is 8.82. The summed E-state index contributed by atoms with van der Waals surface area (Å²) in [6, 6.07) is 0.159. The lowest BCUT2D eigenvalue weighted by Gasteiger charge is -2.57. The molecule has 0 N–H and O–H groups in total. The number of aromatic nitrogens is 3.